The second kappa shape index (κ2) is 10.8. The molecule has 0 unspecified atom stereocenters. The van der Waals surface area contributed by atoms with Crippen molar-refractivity contribution < 1.29 is 33.4 Å². The average molecular weight is 688 g/mol. The van der Waals surface area contributed by atoms with Crippen LogP contribution in [-0.2, 0) is 7.05 Å². The van der Waals surface area contributed by atoms with Gasteiger partial charge < -0.3 is 0 Å². The molecule has 0 atom stereocenters. The van der Waals surface area contributed by atoms with Gasteiger partial charge in [0.15, 0.2) is 0 Å². The molecule has 0 fully saturated rings. The number of rotatable bonds is 3. The minimum absolute atomic E-state index is 0.317. The summed E-state index contributed by atoms with van der Waals surface area (Å²) >= 11 is 5.83. The monoisotopic (exact) mass is 692 g/mol. The third kappa shape index (κ3) is 7.05. The molecular weight excluding hydrogens is 670 g/mol. The smallest absolute Gasteiger partial charge is 0.112 e. The summed E-state index contributed by atoms with van der Waals surface area (Å²) in [6.45, 7) is 0. The molecule has 162 valence electrons. The maximum Gasteiger partial charge on any atom is -0.112 e. The van der Waals surface area contributed by atoms with E-state index in [0.29, 0.717) is 0 Å². The van der Waals surface area contributed by atoms with Gasteiger partial charge in [-0.2, -0.15) is 0 Å². The molecule has 2 aromatic carbocycles. The van der Waals surface area contributed by atoms with E-state index in [4.69, 9.17) is 30.2 Å². The van der Waals surface area contributed by atoms with Crippen LogP contribution in [0.5, 0.6) is 0 Å². The summed E-state index contributed by atoms with van der Waals surface area (Å²) in [5, 5.41) is 0.777. The molecule has 0 saturated carbocycles. The number of aryl methyl sites for hydroxylation is 1. The maximum atomic E-state index is 8.49. The van der Waals surface area contributed by atoms with Crippen LogP contribution in [0.1, 0.15) is 3.71 Å². The molecule has 0 spiro atoms. The molecular formula is C21H18Cl2N2O4Te2. The van der Waals surface area contributed by atoms with E-state index in [2.05, 4.69) is 84.2 Å². The fraction of sp³-hybridized carbons (Fsp3) is 0.0952. The Labute approximate surface area is 207 Å². The minimum atomic E-state index is -4.94. The zero-order chi connectivity index (χ0) is 22.6. The van der Waals surface area contributed by atoms with Crippen LogP contribution in [0, 0.1) is 10.2 Å². The van der Waals surface area contributed by atoms with Gasteiger partial charge in [-0.15, -0.1) is 10.2 Å². The molecule has 10 heteroatoms. The Morgan fingerprint density at radius 2 is 1.71 bits per heavy atom. The molecule has 1 aromatic heterocycles. The van der Waals surface area contributed by atoms with Crippen molar-refractivity contribution in [1.29, 1.82) is 0 Å². The summed E-state index contributed by atoms with van der Waals surface area (Å²) in [7, 11) is -0.655. The predicted octanol–water partition coefficient (Wildman–Crippen LogP) is -1.58. The third-order valence-corrected chi connectivity index (χ3v) is 11.3. The van der Waals surface area contributed by atoms with Gasteiger partial charge in [0.1, 0.15) is 0 Å². The number of benzene rings is 2. The first-order valence-electron chi connectivity index (χ1n) is 8.89. The standard InChI is InChI=1S/C21H18ClN2Te2.ClHO4/c1-23-16-7-3-5-9-18(16)25-20(23)13-11-15(22)12-14-21-24(2)17-8-4-6-10-19(17)26-21;2-1(3,4)5/h3-14H,1-2H3;(H,2,3,4,5)/q+1;/p-1. The maximum absolute atomic E-state index is 8.49. The number of anilines is 1. The first-order valence-corrected chi connectivity index (χ1v) is 15.2. The normalized spacial score (nSPS) is 15.5. The van der Waals surface area contributed by atoms with Gasteiger partial charge in [-0.1, -0.05) is 0 Å². The summed E-state index contributed by atoms with van der Waals surface area (Å²) < 4.78 is 42.1. The third-order valence-electron chi connectivity index (χ3n) is 4.31. The van der Waals surface area contributed by atoms with E-state index >= 15 is 0 Å². The number of aromatic nitrogens is 1. The number of allylic oxidation sites excluding steroid dienone is 4. The summed E-state index contributed by atoms with van der Waals surface area (Å²) in [5.74, 6) is 0. The summed E-state index contributed by atoms with van der Waals surface area (Å²) in [6, 6.07) is 17.3. The minimum Gasteiger partial charge on any atom is -0.222 e. The molecule has 6 nitrogen and oxygen atoms in total. The molecule has 3 aromatic rings. The molecule has 0 amide bonds. The van der Waals surface area contributed by atoms with E-state index in [-0.39, 0.29) is 41.4 Å². The van der Waals surface area contributed by atoms with Crippen LogP contribution in [0.4, 0.5) is 5.69 Å². The molecule has 0 radical (unpaired) electrons. The van der Waals surface area contributed by atoms with Crippen molar-refractivity contribution in [3.05, 3.63) is 79.2 Å². The Kier molecular flexibility index (Phi) is 8.65. The van der Waals surface area contributed by atoms with Gasteiger partial charge in [0, 0.05) is 0 Å². The van der Waals surface area contributed by atoms with Gasteiger partial charge in [0.2, 0.25) is 0 Å². The summed E-state index contributed by atoms with van der Waals surface area (Å²) in [6.07, 6.45) is 8.43. The van der Waals surface area contributed by atoms with Crippen LogP contribution in [-0.4, -0.2) is 48.4 Å². The fourth-order valence-electron chi connectivity index (χ4n) is 2.89. The topological polar surface area (TPSA) is 99.4 Å². The largest absolute Gasteiger partial charge is 0.222 e. The Morgan fingerprint density at radius 1 is 1.06 bits per heavy atom. The average Bonchev–Trinajstić information content (AvgIpc) is 3.21. The predicted molar refractivity (Wildman–Crippen MR) is 113 cm³/mol. The van der Waals surface area contributed by atoms with Crippen molar-refractivity contribution in [2.24, 2.45) is 7.05 Å². The fourth-order valence-corrected chi connectivity index (χ4v) is 9.03. The van der Waals surface area contributed by atoms with Crippen molar-refractivity contribution in [2.45, 2.75) is 0 Å². The zero-order valence-corrected chi connectivity index (χ0v) is 22.7. The Morgan fingerprint density at radius 3 is 2.39 bits per heavy atom. The van der Waals surface area contributed by atoms with Gasteiger partial charge in [-0.25, -0.2) is 18.6 Å². The van der Waals surface area contributed by atoms with Crippen molar-refractivity contribution >= 4 is 77.2 Å². The molecule has 0 bridgehead atoms. The number of fused-ring (bicyclic) bond motifs is 2. The van der Waals surface area contributed by atoms with Crippen LogP contribution in [0.3, 0.4) is 0 Å². The van der Waals surface area contributed by atoms with Gasteiger partial charge in [-0.05, 0) is 0 Å². The van der Waals surface area contributed by atoms with Gasteiger partial charge >= 0.3 is 180 Å². The number of nitrogens with zero attached hydrogens (tertiary/aromatic N) is 2. The van der Waals surface area contributed by atoms with E-state index in [1.807, 2.05) is 12.2 Å². The van der Waals surface area contributed by atoms with Crippen molar-refractivity contribution in [3.63, 3.8) is 0 Å². The van der Waals surface area contributed by atoms with Crippen LogP contribution in [0.2, 0.25) is 0 Å². The molecule has 0 N–H and O–H groups in total. The molecule has 31 heavy (non-hydrogen) atoms. The second-order valence-electron chi connectivity index (χ2n) is 6.36. The molecule has 1 aliphatic rings. The van der Waals surface area contributed by atoms with E-state index in [9.17, 15) is 0 Å². The van der Waals surface area contributed by atoms with Crippen LogP contribution in [0.15, 0.2) is 75.5 Å². The molecule has 4 rings (SSSR count). The van der Waals surface area contributed by atoms with E-state index in [0.717, 1.165) is 5.03 Å². The summed E-state index contributed by atoms with van der Waals surface area (Å²) in [4.78, 5) is 2.30. The van der Waals surface area contributed by atoms with Crippen molar-refractivity contribution in [2.75, 3.05) is 11.9 Å². The number of halogens is 2. The van der Waals surface area contributed by atoms with Crippen molar-refractivity contribution in [3.8, 4) is 0 Å². The molecule has 1 aliphatic heterocycles. The second-order valence-corrected chi connectivity index (χ2v) is 13.6. The van der Waals surface area contributed by atoms with Crippen molar-refractivity contribution in [1.82, 2.24) is 0 Å². The van der Waals surface area contributed by atoms with Crippen LogP contribution in [0.25, 0.3) is 15.0 Å². The molecule has 0 aliphatic carbocycles. The first kappa shape index (κ1) is 24.8. The quantitative estimate of drug-likeness (QED) is 0.188. The number of hydrogen-bond acceptors (Lipinski definition) is 5. The number of hydrogen-bond donors (Lipinski definition) is 0. The van der Waals surface area contributed by atoms with Crippen LogP contribution >= 0.6 is 11.6 Å². The van der Waals surface area contributed by atoms with Gasteiger partial charge in [0.05, 0.1) is 0 Å². The van der Waals surface area contributed by atoms with Gasteiger partial charge in [0.25, 0.3) is 0 Å². The number of para-hydroxylation sites is 2. The van der Waals surface area contributed by atoms with Crippen LogP contribution < -0.4 is 31.7 Å². The summed E-state index contributed by atoms with van der Waals surface area (Å²) in [5.41, 5.74) is 2.68. The Hall–Kier alpha value is -0.871. The van der Waals surface area contributed by atoms with E-state index < -0.39 is 10.2 Å². The first-order chi connectivity index (χ1) is 14.6. The zero-order valence-electron chi connectivity index (χ0n) is 16.5. The Balaban J connectivity index is 0.000000491. The molecule has 0 saturated heterocycles. The SMILES string of the molecule is CN1C(=CC=C(Cl)C=Cc2[te]c3ccccc3[n+]2C)[Te]c2ccccc21.[O-][Cl+3]([O-])([O-])[O-]. The van der Waals surface area contributed by atoms with E-state index in [1.165, 1.54) is 25.7 Å². The van der Waals surface area contributed by atoms with Gasteiger partial charge in [-0.3, -0.25) is 0 Å². The van der Waals surface area contributed by atoms with E-state index in [1.54, 1.807) is 0 Å². The Bertz CT molecular complexity index is 1160. The molecule has 2 heterocycles.